The molecular formula is C14H24N4O. The van der Waals surface area contributed by atoms with Gasteiger partial charge in [-0.3, -0.25) is 9.48 Å². The van der Waals surface area contributed by atoms with Crippen molar-refractivity contribution in [2.45, 2.75) is 26.2 Å². The molecule has 0 aromatic carbocycles. The lowest BCUT2D eigenvalue weighted by Crippen LogP contribution is -2.40. The molecule has 0 aliphatic carbocycles. The molecule has 1 N–H and O–H groups in total. The van der Waals surface area contributed by atoms with Crippen molar-refractivity contribution in [3.8, 4) is 0 Å². The zero-order valence-corrected chi connectivity index (χ0v) is 11.9. The Balaban J connectivity index is 2.02. The fourth-order valence-electron chi connectivity index (χ4n) is 2.67. The Bertz CT molecular complexity index is 409. The zero-order valence-electron chi connectivity index (χ0n) is 11.9. The second kappa shape index (κ2) is 6.70. The number of aromatic nitrogens is 2. The van der Waals surface area contributed by atoms with E-state index in [2.05, 4.69) is 17.3 Å². The van der Waals surface area contributed by atoms with Gasteiger partial charge in [-0.2, -0.15) is 5.10 Å². The molecule has 1 aromatic heterocycles. The summed E-state index contributed by atoms with van der Waals surface area (Å²) in [6.45, 7) is 5.97. The third kappa shape index (κ3) is 3.56. The fourth-order valence-corrected chi connectivity index (χ4v) is 2.67. The Kier molecular flexibility index (Phi) is 4.96. The van der Waals surface area contributed by atoms with Crippen molar-refractivity contribution >= 4 is 5.91 Å². The Morgan fingerprint density at radius 2 is 2.26 bits per heavy atom. The molecule has 5 heteroatoms. The van der Waals surface area contributed by atoms with Gasteiger partial charge in [-0.05, 0) is 44.3 Å². The highest BCUT2D eigenvalue weighted by atomic mass is 16.2. The molecule has 0 radical (unpaired) electrons. The van der Waals surface area contributed by atoms with Crippen molar-refractivity contribution in [2.24, 2.45) is 13.0 Å². The second-order valence-electron chi connectivity index (χ2n) is 5.28. The van der Waals surface area contributed by atoms with Gasteiger partial charge in [0.05, 0.1) is 0 Å². The van der Waals surface area contributed by atoms with Gasteiger partial charge in [0.1, 0.15) is 5.69 Å². The van der Waals surface area contributed by atoms with Crippen LogP contribution in [-0.2, 0) is 7.05 Å². The summed E-state index contributed by atoms with van der Waals surface area (Å²) in [6.07, 6.45) is 5.01. The van der Waals surface area contributed by atoms with Crippen molar-refractivity contribution in [3.05, 3.63) is 18.0 Å². The van der Waals surface area contributed by atoms with E-state index in [4.69, 9.17) is 0 Å². The van der Waals surface area contributed by atoms with Crippen molar-refractivity contribution < 1.29 is 4.79 Å². The largest absolute Gasteiger partial charge is 0.337 e. The molecular weight excluding hydrogens is 240 g/mol. The number of hydrogen-bond donors (Lipinski definition) is 1. The number of piperidine rings is 1. The van der Waals surface area contributed by atoms with Crippen molar-refractivity contribution in [2.75, 3.05) is 26.2 Å². The predicted octanol–water partition coefficient (Wildman–Crippen LogP) is 1.27. The van der Waals surface area contributed by atoms with Crippen LogP contribution < -0.4 is 5.32 Å². The summed E-state index contributed by atoms with van der Waals surface area (Å²) in [5.41, 5.74) is 0.683. The standard InChI is InChI=1S/C14H24N4O/c1-3-10-18(11-12-4-7-15-8-5-12)14(19)13-6-9-16-17(13)2/h6,9,12,15H,3-5,7-8,10-11H2,1-2H3. The van der Waals surface area contributed by atoms with Gasteiger partial charge in [-0.1, -0.05) is 6.92 Å². The highest BCUT2D eigenvalue weighted by Crippen LogP contribution is 2.15. The summed E-state index contributed by atoms with van der Waals surface area (Å²) in [7, 11) is 1.82. The Morgan fingerprint density at radius 3 is 2.84 bits per heavy atom. The van der Waals surface area contributed by atoms with Crippen LogP contribution in [0.5, 0.6) is 0 Å². The topological polar surface area (TPSA) is 50.2 Å². The Hall–Kier alpha value is -1.36. The third-order valence-corrected chi connectivity index (χ3v) is 3.76. The van der Waals surface area contributed by atoms with E-state index >= 15 is 0 Å². The van der Waals surface area contributed by atoms with E-state index in [1.807, 2.05) is 11.9 Å². The van der Waals surface area contributed by atoms with Crippen LogP contribution in [0.25, 0.3) is 0 Å². The Morgan fingerprint density at radius 1 is 1.53 bits per heavy atom. The summed E-state index contributed by atoms with van der Waals surface area (Å²) in [5, 5.41) is 7.45. The summed E-state index contributed by atoms with van der Waals surface area (Å²) in [6, 6.07) is 1.80. The van der Waals surface area contributed by atoms with Crippen LogP contribution >= 0.6 is 0 Å². The van der Waals surface area contributed by atoms with Gasteiger partial charge in [0.25, 0.3) is 5.91 Å². The van der Waals surface area contributed by atoms with Crippen LogP contribution in [0.2, 0.25) is 0 Å². The van der Waals surface area contributed by atoms with Crippen LogP contribution in [-0.4, -0.2) is 46.8 Å². The van der Waals surface area contributed by atoms with Gasteiger partial charge in [0.15, 0.2) is 0 Å². The minimum Gasteiger partial charge on any atom is -0.337 e. The summed E-state index contributed by atoms with van der Waals surface area (Å²) < 4.78 is 1.66. The van der Waals surface area contributed by atoms with Crippen LogP contribution in [0.15, 0.2) is 12.3 Å². The van der Waals surface area contributed by atoms with E-state index in [1.54, 1.807) is 16.9 Å². The molecule has 0 atom stereocenters. The molecule has 1 aromatic rings. The first-order chi connectivity index (χ1) is 9.22. The van der Waals surface area contributed by atoms with Gasteiger partial charge >= 0.3 is 0 Å². The SMILES string of the molecule is CCCN(CC1CCNCC1)C(=O)c1ccnn1C. The molecule has 1 aliphatic rings. The van der Waals surface area contributed by atoms with E-state index in [9.17, 15) is 4.79 Å². The lowest BCUT2D eigenvalue weighted by atomic mass is 9.97. The molecule has 1 amide bonds. The van der Waals surface area contributed by atoms with E-state index in [0.29, 0.717) is 11.6 Å². The molecule has 106 valence electrons. The lowest BCUT2D eigenvalue weighted by molar-refractivity contribution is 0.0705. The first kappa shape index (κ1) is 14.1. The molecule has 1 saturated heterocycles. The zero-order chi connectivity index (χ0) is 13.7. The molecule has 0 bridgehead atoms. The Labute approximate surface area is 115 Å². The molecule has 1 fully saturated rings. The summed E-state index contributed by atoms with van der Waals surface area (Å²) in [5.74, 6) is 0.741. The van der Waals surface area contributed by atoms with Crippen LogP contribution in [0.4, 0.5) is 0 Å². The third-order valence-electron chi connectivity index (χ3n) is 3.76. The fraction of sp³-hybridized carbons (Fsp3) is 0.714. The van der Waals surface area contributed by atoms with Crippen LogP contribution in [0.1, 0.15) is 36.7 Å². The number of rotatable bonds is 5. The molecule has 19 heavy (non-hydrogen) atoms. The summed E-state index contributed by atoms with van der Waals surface area (Å²) in [4.78, 5) is 14.5. The smallest absolute Gasteiger partial charge is 0.272 e. The minimum absolute atomic E-state index is 0.111. The monoisotopic (exact) mass is 264 g/mol. The molecule has 2 rings (SSSR count). The number of aryl methyl sites for hydroxylation is 1. The number of hydrogen-bond acceptors (Lipinski definition) is 3. The molecule has 5 nitrogen and oxygen atoms in total. The van der Waals surface area contributed by atoms with Gasteiger partial charge in [-0.25, -0.2) is 0 Å². The average molecular weight is 264 g/mol. The molecule has 0 unspecified atom stereocenters. The van der Waals surface area contributed by atoms with Gasteiger partial charge in [0.2, 0.25) is 0 Å². The van der Waals surface area contributed by atoms with Crippen molar-refractivity contribution in [3.63, 3.8) is 0 Å². The van der Waals surface area contributed by atoms with Crippen molar-refractivity contribution in [1.29, 1.82) is 0 Å². The number of carbonyl (C=O) groups excluding carboxylic acids is 1. The number of carbonyl (C=O) groups is 1. The average Bonchev–Trinajstić information content (AvgIpc) is 2.85. The van der Waals surface area contributed by atoms with Crippen LogP contribution in [0, 0.1) is 5.92 Å². The minimum atomic E-state index is 0.111. The maximum atomic E-state index is 12.5. The normalized spacial score (nSPS) is 16.5. The van der Waals surface area contributed by atoms with E-state index in [-0.39, 0.29) is 5.91 Å². The lowest BCUT2D eigenvalue weighted by Gasteiger charge is -2.30. The van der Waals surface area contributed by atoms with E-state index in [0.717, 1.165) is 32.6 Å². The highest BCUT2D eigenvalue weighted by molar-refractivity contribution is 5.92. The predicted molar refractivity (Wildman–Crippen MR) is 75.0 cm³/mol. The van der Waals surface area contributed by atoms with Gasteiger partial charge < -0.3 is 10.2 Å². The molecule has 2 heterocycles. The van der Waals surface area contributed by atoms with Crippen LogP contribution in [0.3, 0.4) is 0 Å². The van der Waals surface area contributed by atoms with Gasteiger partial charge in [0, 0.05) is 26.3 Å². The second-order valence-corrected chi connectivity index (χ2v) is 5.28. The number of nitrogens with one attached hydrogen (secondary N) is 1. The number of nitrogens with zero attached hydrogens (tertiary/aromatic N) is 3. The molecule has 0 spiro atoms. The highest BCUT2D eigenvalue weighted by Gasteiger charge is 2.22. The maximum absolute atomic E-state index is 12.5. The van der Waals surface area contributed by atoms with E-state index in [1.165, 1.54) is 12.8 Å². The quantitative estimate of drug-likeness (QED) is 0.871. The first-order valence-electron chi connectivity index (χ1n) is 7.20. The maximum Gasteiger partial charge on any atom is 0.272 e. The summed E-state index contributed by atoms with van der Waals surface area (Å²) >= 11 is 0. The molecule has 1 aliphatic heterocycles. The molecule has 0 saturated carbocycles. The van der Waals surface area contributed by atoms with Gasteiger partial charge in [-0.15, -0.1) is 0 Å². The van der Waals surface area contributed by atoms with E-state index < -0.39 is 0 Å². The number of amides is 1. The van der Waals surface area contributed by atoms with Crippen molar-refractivity contribution in [1.82, 2.24) is 20.0 Å². The first-order valence-corrected chi connectivity index (χ1v) is 7.20.